The molecule has 1 unspecified atom stereocenters. The summed E-state index contributed by atoms with van der Waals surface area (Å²) < 4.78 is 5.62. The molecule has 31 heavy (non-hydrogen) atoms. The van der Waals surface area contributed by atoms with E-state index in [1.807, 2.05) is 0 Å². The van der Waals surface area contributed by atoms with Crippen LogP contribution >= 0.6 is 0 Å². The summed E-state index contributed by atoms with van der Waals surface area (Å²) in [7, 11) is 0. The normalized spacial score (nSPS) is 12.1. The second-order valence-electron chi connectivity index (χ2n) is 9.56. The van der Waals surface area contributed by atoms with Crippen LogP contribution in [0.1, 0.15) is 162 Å². The topological polar surface area (TPSA) is 26.3 Å². The van der Waals surface area contributed by atoms with Crippen molar-refractivity contribution in [3.05, 3.63) is 12.7 Å². The van der Waals surface area contributed by atoms with E-state index < -0.39 is 0 Å². The Morgan fingerprint density at radius 1 is 0.581 bits per heavy atom. The molecular weight excluding hydrogens is 380 g/mol. The zero-order chi connectivity index (χ0) is 22.8. The highest BCUT2D eigenvalue weighted by Crippen LogP contribution is 2.18. The SMILES string of the molecule is C=CC(=O)OC(CCCCCCCCCCCC)CCCCCCCCCCCCC. The Balaban J connectivity index is 3.67. The molecule has 0 spiro atoms. The molecule has 0 radical (unpaired) electrons. The van der Waals surface area contributed by atoms with Gasteiger partial charge in [-0.15, -0.1) is 0 Å². The average molecular weight is 437 g/mol. The van der Waals surface area contributed by atoms with Crippen LogP contribution in [-0.2, 0) is 9.53 Å². The number of unbranched alkanes of at least 4 members (excludes halogenated alkanes) is 19. The van der Waals surface area contributed by atoms with Gasteiger partial charge in [0.25, 0.3) is 0 Å². The molecule has 0 aliphatic rings. The Bertz CT molecular complexity index is 377. The molecule has 0 heterocycles. The molecule has 0 saturated carbocycles. The van der Waals surface area contributed by atoms with Crippen LogP contribution in [0.15, 0.2) is 12.7 Å². The van der Waals surface area contributed by atoms with E-state index in [9.17, 15) is 4.79 Å². The largest absolute Gasteiger partial charge is 0.459 e. The van der Waals surface area contributed by atoms with E-state index in [4.69, 9.17) is 4.74 Å². The number of ether oxygens (including phenoxy) is 1. The number of hydrogen-bond donors (Lipinski definition) is 0. The molecule has 0 bridgehead atoms. The van der Waals surface area contributed by atoms with E-state index in [0.29, 0.717) is 0 Å². The van der Waals surface area contributed by atoms with Gasteiger partial charge in [-0.05, 0) is 25.7 Å². The first-order valence-electron chi connectivity index (χ1n) is 14.1. The van der Waals surface area contributed by atoms with Crippen molar-refractivity contribution in [2.24, 2.45) is 0 Å². The van der Waals surface area contributed by atoms with Crippen LogP contribution < -0.4 is 0 Å². The summed E-state index contributed by atoms with van der Waals surface area (Å²) >= 11 is 0. The number of hydrogen-bond acceptors (Lipinski definition) is 2. The number of esters is 1. The Hall–Kier alpha value is -0.790. The number of carbonyl (C=O) groups excluding carboxylic acids is 1. The third-order valence-corrected chi connectivity index (χ3v) is 6.46. The van der Waals surface area contributed by atoms with Crippen molar-refractivity contribution >= 4 is 5.97 Å². The number of rotatable bonds is 25. The van der Waals surface area contributed by atoms with Gasteiger partial charge in [0.05, 0.1) is 0 Å². The van der Waals surface area contributed by atoms with E-state index >= 15 is 0 Å². The highest BCUT2D eigenvalue weighted by molar-refractivity contribution is 5.81. The average Bonchev–Trinajstić information content (AvgIpc) is 2.78. The maximum atomic E-state index is 11.7. The summed E-state index contributed by atoms with van der Waals surface area (Å²) in [5, 5.41) is 0. The van der Waals surface area contributed by atoms with Gasteiger partial charge in [0, 0.05) is 6.08 Å². The van der Waals surface area contributed by atoms with Crippen LogP contribution in [0.2, 0.25) is 0 Å². The lowest BCUT2D eigenvalue weighted by molar-refractivity contribution is -0.143. The molecule has 0 aromatic rings. The first kappa shape index (κ1) is 30.2. The lowest BCUT2D eigenvalue weighted by Gasteiger charge is -2.17. The Kier molecular flexibility index (Phi) is 24.8. The molecule has 0 amide bonds. The monoisotopic (exact) mass is 436 g/mol. The third-order valence-electron chi connectivity index (χ3n) is 6.46. The molecule has 2 heteroatoms. The van der Waals surface area contributed by atoms with E-state index in [1.165, 1.54) is 141 Å². The predicted molar refractivity (Wildman–Crippen MR) is 138 cm³/mol. The lowest BCUT2D eigenvalue weighted by Crippen LogP contribution is -2.16. The minimum absolute atomic E-state index is 0.0955. The molecule has 2 nitrogen and oxygen atoms in total. The van der Waals surface area contributed by atoms with Crippen LogP contribution in [0.5, 0.6) is 0 Å². The van der Waals surface area contributed by atoms with Crippen molar-refractivity contribution < 1.29 is 9.53 Å². The van der Waals surface area contributed by atoms with Crippen molar-refractivity contribution in [2.45, 2.75) is 168 Å². The van der Waals surface area contributed by atoms with Crippen molar-refractivity contribution in [3.8, 4) is 0 Å². The van der Waals surface area contributed by atoms with Gasteiger partial charge in [-0.1, -0.05) is 142 Å². The van der Waals surface area contributed by atoms with Crippen LogP contribution in [0.4, 0.5) is 0 Å². The summed E-state index contributed by atoms with van der Waals surface area (Å²) in [6.07, 6.45) is 31.9. The molecule has 0 saturated heterocycles. The van der Waals surface area contributed by atoms with Crippen molar-refractivity contribution in [3.63, 3.8) is 0 Å². The summed E-state index contributed by atoms with van der Waals surface area (Å²) in [6.45, 7) is 8.11. The zero-order valence-corrected chi connectivity index (χ0v) is 21.4. The molecule has 0 aromatic heterocycles. The minimum Gasteiger partial charge on any atom is -0.459 e. The van der Waals surface area contributed by atoms with Crippen LogP contribution in [0.25, 0.3) is 0 Å². The highest BCUT2D eigenvalue weighted by Gasteiger charge is 2.12. The van der Waals surface area contributed by atoms with E-state index in [2.05, 4.69) is 20.4 Å². The summed E-state index contributed by atoms with van der Waals surface area (Å²) in [4.78, 5) is 11.7. The fourth-order valence-electron chi connectivity index (χ4n) is 4.37. The third kappa shape index (κ3) is 23.7. The molecule has 184 valence electrons. The molecule has 0 aliphatic heterocycles. The van der Waals surface area contributed by atoms with E-state index in [1.54, 1.807) is 0 Å². The molecule has 0 rings (SSSR count). The van der Waals surface area contributed by atoms with Crippen molar-refractivity contribution in [1.29, 1.82) is 0 Å². The van der Waals surface area contributed by atoms with Gasteiger partial charge in [0.2, 0.25) is 0 Å². The smallest absolute Gasteiger partial charge is 0.330 e. The number of carbonyl (C=O) groups is 1. The van der Waals surface area contributed by atoms with Gasteiger partial charge < -0.3 is 4.74 Å². The maximum Gasteiger partial charge on any atom is 0.330 e. The Morgan fingerprint density at radius 2 is 0.871 bits per heavy atom. The van der Waals surface area contributed by atoms with Crippen LogP contribution in [0, 0.1) is 0 Å². The fourth-order valence-corrected chi connectivity index (χ4v) is 4.37. The quantitative estimate of drug-likeness (QED) is 0.0808. The molecule has 0 aliphatic carbocycles. The highest BCUT2D eigenvalue weighted by atomic mass is 16.5. The maximum absolute atomic E-state index is 11.7. The molecule has 1 atom stereocenters. The van der Waals surface area contributed by atoms with Crippen LogP contribution in [0.3, 0.4) is 0 Å². The van der Waals surface area contributed by atoms with E-state index in [-0.39, 0.29) is 12.1 Å². The van der Waals surface area contributed by atoms with Gasteiger partial charge in [-0.3, -0.25) is 0 Å². The Morgan fingerprint density at radius 3 is 1.16 bits per heavy atom. The second kappa shape index (κ2) is 25.5. The molecular formula is C29H56O2. The van der Waals surface area contributed by atoms with Gasteiger partial charge in [-0.25, -0.2) is 4.79 Å². The first-order valence-corrected chi connectivity index (χ1v) is 14.1. The Labute approximate surface area is 196 Å². The van der Waals surface area contributed by atoms with Gasteiger partial charge >= 0.3 is 5.97 Å². The second-order valence-corrected chi connectivity index (χ2v) is 9.56. The van der Waals surface area contributed by atoms with Crippen molar-refractivity contribution in [1.82, 2.24) is 0 Å². The predicted octanol–water partition coefficient (Wildman–Crippen LogP) is 10.1. The summed E-state index contributed by atoms with van der Waals surface area (Å²) in [5.74, 6) is -0.250. The van der Waals surface area contributed by atoms with Gasteiger partial charge in [0.1, 0.15) is 6.10 Å². The summed E-state index contributed by atoms with van der Waals surface area (Å²) in [6, 6.07) is 0. The molecule has 0 N–H and O–H groups in total. The van der Waals surface area contributed by atoms with Gasteiger partial charge in [-0.2, -0.15) is 0 Å². The standard InChI is InChI=1S/C29H56O2/c1-4-7-9-11-13-15-17-19-21-23-25-27-28(31-29(30)6-3)26-24-22-20-18-16-14-12-10-8-5-2/h6,28H,3-5,7-27H2,1-2H3. The van der Waals surface area contributed by atoms with Crippen molar-refractivity contribution in [2.75, 3.05) is 0 Å². The van der Waals surface area contributed by atoms with Crippen LogP contribution in [-0.4, -0.2) is 12.1 Å². The molecule has 0 fully saturated rings. The minimum atomic E-state index is -0.250. The fraction of sp³-hybridized carbons (Fsp3) is 0.897. The van der Waals surface area contributed by atoms with E-state index in [0.717, 1.165) is 12.8 Å². The van der Waals surface area contributed by atoms with Gasteiger partial charge in [0.15, 0.2) is 0 Å². The first-order chi connectivity index (χ1) is 15.2. The zero-order valence-electron chi connectivity index (χ0n) is 21.4. The lowest BCUT2D eigenvalue weighted by atomic mass is 10.0. The molecule has 0 aromatic carbocycles. The summed E-state index contributed by atoms with van der Waals surface area (Å²) in [5.41, 5.74) is 0.